The molecule has 7 heteroatoms. The Morgan fingerprint density at radius 2 is 2.19 bits per heavy atom. The van der Waals surface area contributed by atoms with Crippen LogP contribution in [0.4, 0.5) is 10.8 Å². The van der Waals surface area contributed by atoms with E-state index in [0.29, 0.717) is 0 Å². The molecule has 0 atom stereocenters. The van der Waals surface area contributed by atoms with Crippen LogP contribution < -0.4 is 10.2 Å². The molecule has 0 unspecified atom stereocenters. The van der Waals surface area contributed by atoms with E-state index in [4.69, 9.17) is 4.74 Å². The summed E-state index contributed by atoms with van der Waals surface area (Å²) in [6, 6.07) is 6.40. The molecule has 0 saturated carbocycles. The summed E-state index contributed by atoms with van der Waals surface area (Å²) in [7, 11) is 0. The molecular formula is C14H17BrN4OS. The molecule has 5 nitrogen and oxygen atoms in total. The molecule has 2 aromatic rings. The summed E-state index contributed by atoms with van der Waals surface area (Å²) in [5.41, 5.74) is 2.51. The van der Waals surface area contributed by atoms with Crippen LogP contribution in [0.25, 0.3) is 0 Å². The third-order valence-electron chi connectivity index (χ3n) is 3.36. The Kier molecular flexibility index (Phi) is 4.72. The van der Waals surface area contributed by atoms with Crippen molar-refractivity contribution in [1.29, 1.82) is 0 Å². The van der Waals surface area contributed by atoms with Gasteiger partial charge in [0, 0.05) is 41.3 Å². The van der Waals surface area contributed by atoms with Crippen LogP contribution in [-0.4, -0.2) is 35.7 Å². The highest BCUT2D eigenvalue weighted by atomic mass is 79.9. The van der Waals surface area contributed by atoms with Crippen LogP contribution >= 0.6 is 27.5 Å². The number of rotatable bonds is 4. The van der Waals surface area contributed by atoms with Crippen molar-refractivity contribution < 1.29 is 4.74 Å². The number of ether oxygens (including phenoxy) is 1. The number of nitrogens with zero attached hydrogens (tertiary/aromatic N) is 3. The molecule has 2 heterocycles. The monoisotopic (exact) mass is 368 g/mol. The van der Waals surface area contributed by atoms with E-state index in [0.717, 1.165) is 48.3 Å². The van der Waals surface area contributed by atoms with Crippen LogP contribution in [0.3, 0.4) is 0 Å². The first-order valence-corrected chi connectivity index (χ1v) is 8.44. The second-order valence-corrected chi connectivity index (χ2v) is 6.54. The first-order chi connectivity index (χ1) is 10.2. The van der Waals surface area contributed by atoms with Crippen LogP contribution in [0.1, 0.15) is 11.4 Å². The largest absolute Gasteiger partial charge is 0.378 e. The minimum atomic E-state index is 0.745. The Bertz CT molecular complexity index is 613. The predicted molar refractivity (Wildman–Crippen MR) is 89.1 cm³/mol. The standard InChI is InChI=1S/C14H17BrN4OS/c1-10-17-14(21-18-10)16-9-11-2-3-12(15)8-13(11)19-4-6-20-7-5-19/h2-3,8H,4-7,9H2,1H3,(H,16,17,18). The number of anilines is 2. The molecule has 1 N–H and O–H groups in total. The molecule has 1 aromatic carbocycles. The number of halogens is 1. The average Bonchev–Trinajstić information content (AvgIpc) is 2.92. The second kappa shape index (κ2) is 6.72. The Labute approximate surface area is 136 Å². The van der Waals surface area contributed by atoms with Crippen LogP contribution in [0.5, 0.6) is 0 Å². The predicted octanol–water partition coefficient (Wildman–Crippen LogP) is 3.06. The maximum absolute atomic E-state index is 5.44. The molecule has 0 radical (unpaired) electrons. The van der Waals surface area contributed by atoms with Gasteiger partial charge < -0.3 is 15.0 Å². The van der Waals surface area contributed by atoms with Crippen LogP contribution in [0.2, 0.25) is 0 Å². The molecule has 1 fully saturated rings. The van der Waals surface area contributed by atoms with Crippen molar-refractivity contribution in [2.24, 2.45) is 0 Å². The average molecular weight is 369 g/mol. The maximum Gasteiger partial charge on any atom is 0.202 e. The molecular weight excluding hydrogens is 352 g/mol. The lowest BCUT2D eigenvalue weighted by atomic mass is 10.1. The van der Waals surface area contributed by atoms with Crippen molar-refractivity contribution in [2.75, 3.05) is 36.5 Å². The zero-order valence-corrected chi connectivity index (χ0v) is 14.2. The van der Waals surface area contributed by atoms with E-state index < -0.39 is 0 Å². The Balaban J connectivity index is 1.77. The number of morpholine rings is 1. The molecule has 0 spiro atoms. The van der Waals surface area contributed by atoms with Gasteiger partial charge in [0.05, 0.1) is 13.2 Å². The number of nitrogens with one attached hydrogen (secondary N) is 1. The van der Waals surface area contributed by atoms with E-state index in [9.17, 15) is 0 Å². The van der Waals surface area contributed by atoms with Crippen molar-refractivity contribution in [3.8, 4) is 0 Å². The Morgan fingerprint density at radius 3 is 2.90 bits per heavy atom. The summed E-state index contributed by atoms with van der Waals surface area (Å²) in [4.78, 5) is 6.71. The van der Waals surface area contributed by atoms with Gasteiger partial charge in [-0.2, -0.15) is 4.37 Å². The van der Waals surface area contributed by atoms with Gasteiger partial charge in [0.15, 0.2) is 0 Å². The van der Waals surface area contributed by atoms with Crippen LogP contribution in [-0.2, 0) is 11.3 Å². The first-order valence-electron chi connectivity index (χ1n) is 6.88. The maximum atomic E-state index is 5.44. The minimum Gasteiger partial charge on any atom is -0.378 e. The van der Waals surface area contributed by atoms with Gasteiger partial charge in [-0.3, -0.25) is 0 Å². The zero-order chi connectivity index (χ0) is 14.7. The lowest BCUT2D eigenvalue weighted by Crippen LogP contribution is -2.36. The third-order valence-corrected chi connectivity index (χ3v) is 4.61. The lowest BCUT2D eigenvalue weighted by molar-refractivity contribution is 0.122. The highest BCUT2D eigenvalue weighted by molar-refractivity contribution is 9.10. The summed E-state index contributed by atoms with van der Waals surface area (Å²) in [6.45, 7) is 6.09. The number of aryl methyl sites for hydroxylation is 1. The van der Waals surface area contributed by atoms with Gasteiger partial charge >= 0.3 is 0 Å². The fraction of sp³-hybridized carbons (Fsp3) is 0.429. The number of aromatic nitrogens is 2. The van der Waals surface area contributed by atoms with E-state index in [2.05, 4.69) is 53.7 Å². The van der Waals surface area contributed by atoms with Gasteiger partial charge in [-0.25, -0.2) is 4.98 Å². The van der Waals surface area contributed by atoms with E-state index in [1.54, 1.807) is 0 Å². The molecule has 1 aromatic heterocycles. The van der Waals surface area contributed by atoms with Gasteiger partial charge in [-0.15, -0.1) is 0 Å². The quantitative estimate of drug-likeness (QED) is 0.898. The smallest absolute Gasteiger partial charge is 0.202 e. The number of benzene rings is 1. The van der Waals surface area contributed by atoms with Crippen molar-refractivity contribution in [3.05, 3.63) is 34.1 Å². The van der Waals surface area contributed by atoms with Gasteiger partial charge in [-0.1, -0.05) is 22.0 Å². The molecule has 0 aliphatic carbocycles. The molecule has 1 aliphatic heterocycles. The summed E-state index contributed by atoms with van der Waals surface area (Å²) < 4.78 is 10.7. The molecule has 21 heavy (non-hydrogen) atoms. The van der Waals surface area contributed by atoms with Gasteiger partial charge in [0.25, 0.3) is 0 Å². The Morgan fingerprint density at radius 1 is 1.38 bits per heavy atom. The van der Waals surface area contributed by atoms with Crippen LogP contribution in [0.15, 0.2) is 22.7 Å². The topological polar surface area (TPSA) is 50.3 Å². The summed E-state index contributed by atoms with van der Waals surface area (Å²) in [5.74, 6) is 0.812. The van der Waals surface area contributed by atoms with Crippen molar-refractivity contribution in [2.45, 2.75) is 13.5 Å². The lowest BCUT2D eigenvalue weighted by Gasteiger charge is -2.30. The molecule has 3 rings (SSSR count). The number of hydrogen-bond acceptors (Lipinski definition) is 6. The second-order valence-electron chi connectivity index (χ2n) is 4.87. The molecule has 112 valence electrons. The minimum absolute atomic E-state index is 0.745. The normalized spacial score (nSPS) is 15.2. The summed E-state index contributed by atoms with van der Waals surface area (Å²) in [6.07, 6.45) is 0. The fourth-order valence-electron chi connectivity index (χ4n) is 2.32. The van der Waals surface area contributed by atoms with Gasteiger partial charge in [-0.05, 0) is 24.6 Å². The highest BCUT2D eigenvalue weighted by Crippen LogP contribution is 2.27. The number of hydrogen-bond donors (Lipinski definition) is 1. The van der Waals surface area contributed by atoms with E-state index >= 15 is 0 Å². The van der Waals surface area contributed by atoms with Crippen molar-refractivity contribution in [3.63, 3.8) is 0 Å². The first kappa shape index (κ1) is 14.7. The molecule has 1 aliphatic rings. The van der Waals surface area contributed by atoms with Crippen molar-refractivity contribution in [1.82, 2.24) is 9.36 Å². The van der Waals surface area contributed by atoms with Gasteiger partial charge in [0.1, 0.15) is 5.82 Å². The van der Waals surface area contributed by atoms with Crippen LogP contribution in [0, 0.1) is 6.92 Å². The summed E-state index contributed by atoms with van der Waals surface area (Å²) in [5, 5.41) is 4.22. The van der Waals surface area contributed by atoms with E-state index in [1.807, 2.05) is 6.92 Å². The third kappa shape index (κ3) is 3.72. The van der Waals surface area contributed by atoms with E-state index in [1.165, 1.54) is 22.8 Å². The molecule has 0 amide bonds. The van der Waals surface area contributed by atoms with E-state index in [-0.39, 0.29) is 0 Å². The fourth-order valence-corrected chi connectivity index (χ4v) is 3.24. The summed E-state index contributed by atoms with van der Waals surface area (Å²) >= 11 is 4.96. The molecule has 1 saturated heterocycles. The Hall–Kier alpha value is -1.18. The SMILES string of the molecule is Cc1nsc(NCc2ccc(Br)cc2N2CCOCC2)n1. The van der Waals surface area contributed by atoms with Crippen molar-refractivity contribution >= 4 is 38.3 Å². The highest BCUT2D eigenvalue weighted by Gasteiger charge is 2.15. The zero-order valence-electron chi connectivity index (χ0n) is 11.8. The van der Waals surface area contributed by atoms with Gasteiger partial charge in [0.2, 0.25) is 5.13 Å². The molecule has 0 bridgehead atoms.